The van der Waals surface area contributed by atoms with Gasteiger partial charge in [0.1, 0.15) is 5.69 Å². The number of amides is 1. The van der Waals surface area contributed by atoms with Crippen molar-refractivity contribution in [1.29, 1.82) is 0 Å². The number of fused-ring (bicyclic) bond motifs is 3. The number of rotatable bonds is 4. The first-order valence-corrected chi connectivity index (χ1v) is 12.2. The van der Waals surface area contributed by atoms with Gasteiger partial charge in [-0.3, -0.25) is 9.89 Å². The molecule has 3 aromatic rings. The summed E-state index contributed by atoms with van der Waals surface area (Å²) in [7, 11) is 1.74. The number of imidazole rings is 1. The smallest absolute Gasteiger partial charge is 0.249 e. The lowest BCUT2D eigenvalue weighted by molar-refractivity contribution is -0.207. The molecule has 1 amide bonds. The maximum absolute atomic E-state index is 13.2. The van der Waals surface area contributed by atoms with Crippen LogP contribution in [0.1, 0.15) is 56.7 Å². The summed E-state index contributed by atoms with van der Waals surface area (Å²) >= 11 is 0. The molecule has 2 atom stereocenters. The van der Waals surface area contributed by atoms with Gasteiger partial charge in [-0.25, -0.2) is 18.7 Å². The summed E-state index contributed by atoms with van der Waals surface area (Å²) in [5.74, 6) is -0.881. The molecule has 0 unspecified atom stereocenters. The van der Waals surface area contributed by atoms with E-state index in [4.69, 9.17) is 0 Å². The van der Waals surface area contributed by atoms with Gasteiger partial charge in [0.15, 0.2) is 11.5 Å². The van der Waals surface area contributed by atoms with Gasteiger partial charge >= 0.3 is 0 Å². The lowest BCUT2D eigenvalue weighted by atomic mass is 9.50. The van der Waals surface area contributed by atoms with Crippen molar-refractivity contribution in [3.8, 4) is 11.5 Å². The molecule has 178 valence electrons. The number of carbonyl (C=O) groups excluding carboxylic acids is 1. The molecule has 0 aliphatic heterocycles. The largest absolute Gasteiger partial charge is 0.335 e. The molecule has 7 rings (SSSR count). The minimum atomic E-state index is -2.50. The summed E-state index contributed by atoms with van der Waals surface area (Å²) in [6.45, 7) is 2.35. The Kier molecular flexibility index (Phi) is 3.88. The third-order valence-electron chi connectivity index (χ3n) is 9.00. The molecule has 3 aromatic heterocycles. The number of aromatic amines is 2. The normalized spacial score (nSPS) is 28.2. The Morgan fingerprint density at radius 2 is 2.06 bits per heavy atom. The molecule has 4 aliphatic carbocycles. The average Bonchev–Trinajstić information content (AvgIpc) is 3.05. The number of alkyl halides is 2. The van der Waals surface area contributed by atoms with Crippen molar-refractivity contribution < 1.29 is 13.6 Å². The van der Waals surface area contributed by atoms with E-state index in [1.165, 1.54) is 17.7 Å². The second-order valence-corrected chi connectivity index (χ2v) is 11.8. The van der Waals surface area contributed by atoms with Crippen LogP contribution in [-0.4, -0.2) is 44.0 Å². The van der Waals surface area contributed by atoms with Gasteiger partial charge in [0.2, 0.25) is 11.8 Å². The molecule has 3 fully saturated rings. The highest BCUT2D eigenvalue weighted by molar-refractivity contribution is 5.94. The van der Waals surface area contributed by atoms with Crippen molar-refractivity contribution in [2.24, 2.45) is 22.7 Å². The van der Waals surface area contributed by atoms with Crippen molar-refractivity contribution in [2.75, 3.05) is 11.9 Å². The minimum Gasteiger partial charge on any atom is -0.335 e. The summed E-state index contributed by atoms with van der Waals surface area (Å²) in [5.41, 5.74) is 5.61. The number of hydrogen-bond donors (Lipinski definition) is 2. The van der Waals surface area contributed by atoms with Gasteiger partial charge in [-0.2, -0.15) is 5.10 Å². The van der Waals surface area contributed by atoms with Crippen LogP contribution in [0.5, 0.6) is 0 Å². The predicted octanol–water partition coefficient (Wildman–Crippen LogP) is 4.65. The van der Waals surface area contributed by atoms with Crippen molar-refractivity contribution in [1.82, 2.24) is 25.1 Å². The molecule has 4 aliphatic rings. The zero-order valence-electron chi connectivity index (χ0n) is 19.4. The van der Waals surface area contributed by atoms with E-state index < -0.39 is 5.92 Å². The number of anilines is 1. The van der Waals surface area contributed by atoms with Crippen molar-refractivity contribution >= 4 is 22.8 Å². The average molecular weight is 467 g/mol. The molecule has 7 nitrogen and oxygen atoms in total. The zero-order chi connectivity index (χ0) is 23.5. The van der Waals surface area contributed by atoms with Gasteiger partial charge in [0.25, 0.3) is 0 Å². The quantitative estimate of drug-likeness (QED) is 0.586. The Morgan fingerprint density at radius 3 is 2.82 bits per heavy atom. The highest BCUT2D eigenvalue weighted by Crippen LogP contribution is 2.65. The summed E-state index contributed by atoms with van der Waals surface area (Å²) in [4.78, 5) is 27.0. The number of nitrogens with zero attached hydrogens (tertiary/aromatic N) is 4. The van der Waals surface area contributed by atoms with Crippen LogP contribution in [0.2, 0.25) is 0 Å². The number of pyridine rings is 1. The Labute approximate surface area is 195 Å². The van der Waals surface area contributed by atoms with Gasteiger partial charge in [-0.1, -0.05) is 6.92 Å². The maximum atomic E-state index is 13.2. The van der Waals surface area contributed by atoms with E-state index in [9.17, 15) is 13.6 Å². The second kappa shape index (κ2) is 6.43. The van der Waals surface area contributed by atoms with Crippen LogP contribution in [0.3, 0.4) is 0 Å². The fourth-order valence-electron chi connectivity index (χ4n) is 7.01. The monoisotopic (exact) mass is 466 g/mol. The van der Waals surface area contributed by atoms with E-state index in [0.717, 1.165) is 42.8 Å². The molecule has 34 heavy (non-hydrogen) atoms. The molecule has 0 saturated heterocycles. The summed E-state index contributed by atoms with van der Waals surface area (Å²) in [5, 5.41) is 7.78. The second-order valence-electron chi connectivity index (χ2n) is 11.8. The van der Waals surface area contributed by atoms with Crippen LogP contribution in [-0.2, 0) is 17.6 Å². The topological polar surface area (TPSA) is 90.6 Å². The minimum absolute atomic E-state index is 0.0115. The third-order valence-corrected chi connectivity index (χ3v) is 9.00. The number of nitrogens with one attached hydrogen (secondary N) is 2. The molecule has 0 radical (unpaired) electrons. The fourth-order valence-corrected chi connectivity index (χ4v) is 7.01. The lowest BCUT2D eigenvalue weighted by Gasteiger charge is -2.57. The van der Waals surface area contributed by atoms with Crippen LogP contribution in [0, 0.1) is 22.7 Å². The first-order chi connectivity index (χ1) is 16.1. The lowest BCUT2D eigenvalue weighted by Crippen LogP contribution is -2.54. The van der Waals surface area contributed by atoms with Crippen LogP contribution < -0.4 is 4.90 Å². The van der Waals surface area contributed by atoms with Gasteiger partial charge < -0.3 is 9.88 Å². The Hall–Kier alpha value is -2.84. The van der Waals surface area contributed by atoms with E-state index in [-0.39, 0.29) is 30.1 Å². The SMILES string of the molecule is CN(C(=O)CC1CC2(C1)CC(F)(F)C2)c1cnc2nc(-c3n[nH]c4c3C[C@@H]3C[C@]3(C)C4)[nH]c2c1. The molecular weight excluding hydrogens is 438 g/mol. The highest BCUT2D eigenvalue weighted by atomic mass is 19.3. The Bertz CT molecular complexity index is 1330. The standard InChI is InChI=1S/C25H28F2N6O/c1-23-8-14(23)4-16-18(9-23)31-32-20(16)22-29-17-5-15(10-28-21(17)30-22)33(2)19(34)3-13-6-24(7-13)11-25(26,27)12-24/h5,10,13-14H,3-4,6-9,11-12H2,1-2H3,(H,31,32)(H,28,29,30)/t14-,23-/m1/s1. The summed E-state index contributed by atoms with van der Waals surface area (Å²) < 4.78 is 26.5. The van der Waals surface area contributed by atoms with E-state index in [0.29, 0.717) is 29.0 Å². The number of carbonyl (C=O) groups is 1. The Balaban J connectivity index is 1.06. The van der Waals surface area contributed by atoms with Crippen molar-refractivity contribution in [2.45, 2.75) is 64.2 Å². The fraction of sp³-hybridized carbons (Fsp3) is 0.600. The first-order valence-electron chi connectivity index (χ1n) is 12.2. The van der Waals surface area contributed by atoms with Crippen LogP contribution >= 0.6 is 0 Å². The van der Waals surface area contributed by atoms with E-state index in [1.807, 2.05) is 6.07 Å². The zero-order valence-corrected chi connectivity index (χ0v) is 19.4. The molecule has 1 spiro atoms. The number of aromatic nitrogens is 5. The number of halogens is 2. The highest BCUT2D eigenvalue weighted by Gasteiger charge is 2.61. The first kappa shape index (κ1) is 20.5. The molecular formula is C25H28F2N6O. The number of H-pyrrole nitrogens is 2. The van der Waals surface area contributed by atoms with Crippen molar-refractivity contribution in [3.05, 3.63) is 23.5 Å². The maximum Gasteiger partial charge on any atom is 0.249 e. The molecule has 9 heteroatoms. The molecule has 0 aromatic carbocycles. The van der Waals surface area contributed by atoms with Gasteiger partial charge in [-0.15, -0.1) is 0 Å². The number of hydrogen-bond acceptors (Lipinski definition) is 4. The van der Waals surface area contributed by atoms with Crippen LogP contribution in [0.4, 0.5) is 14.5 Å². The van der Waals surface area contributed by atoms with Crippen molar-refractivity contribution in [3.63, 3.8) is 0 Å². The predicted molar refractivity (Wildman–Crippen MR) is 122 cm³/mol. The Morgan fingerprint density at radius 1 is 1.26 bits per heavy atom. The molecule has 3 heterocycles. The van der Waals surface area contributed by atoms with E-state index >= 15 is 0 Å². The summed E-state index contributed by atoms with van der Waals surface area (Å²) in [6, 6.07) is 1.89. The third kappa shape index (κ3) is 3.04. The van der Waals surface area contributed by atoms with Crippen LogP contribution in [0.15, 0.2) is 12.3 Å². The molecule has 3 saturated carbocycles. The van der Waals surface area contributed by atoms with Gasteiger partial charge in [0, 0.05) is 37.6 Å². The summed E-state index contributed by atoms with van der Waals surface area (Å²) in [6.07, 6.45) is 6.84. The van der Waals surface area contributed by atoms with Gasteiger partial charge in [-0.05, 0) is 60.8 Å². The van der Waals surface area contributed by atoms with Crippen LogP contribution in [0.25, 0.3) is 22.7 Å². The van der Waals surface area contributed by atoms with E-state index in [2.05, 4.69) is 32.1 Å². The van der Waals surface area contributed by atoms with Gasteiger partial charge in [0.05, 0.1) is 17.4 Å². The van der Waals surface area contributed by atoms with E-state index in [1.54, 1.807) is 18.1 Å². The molecule has 0 bridgehead atoms. The molecule has 2 N–H and O–H groups in total.